The number of nitrogens with one attached hydrogen (secondary N) is 1. The summed E-state index contributed by atoms with van der Waals surface area (Å²) in [6, 6.07) is 6.72. The van der Waals surface area contributed by atoms with Gasteiger partial charge < -0.3 is 15.1 Å². The van der Waals surface area contributed by atoms with Crippen molar-refractivity contribution in [3.63, 3.8) is 0 Å². The molecule has 0 radical (unpaired) electrons. The lowest BCUT2D eigenvalue weighted by molar-refractivity contribution is 0.0730. The molecule has 21 heavy (non-hydrogen) atoms. The van der Waals surface area contributed by atoms with Gasteiger partial charge >= 0.3 is 0 Å². The molecule has 3 rings (SSSR count). The Labute approximate surface area is 127 Å². The number of piperazine rings is 1. The maximum Gasteiger partial charge on any atom is 0.254 e. The van der Waals surface area contributed by atoms with Gasteiger partial charge in [0.25, 0.3) is 5.91 Å². The summed E-state index contributed by atoms with van der Waals surface area (Å²) in [6.07, 6.45) is 1.03. The van der Waals surface area contributed by atoms with Crippen LogP contribution >= 0.6 is 0 Å². The Kier molecular flexibility index (Phi) is 4.27. The molecule has 1 amide bonds. The fourth-order valence-electron chi connectivity index (χ4n) is 3.17. The molecular formula is C17H25N3O. The third kappa shape index (κ3) is 3.11. The first-order chi connectivity index (χ1) is 10.1. The molecule has 2 aliphatic heterocycles. The molecule has 114 valence electrons. The van der Waals surface area contributed by atoms with E-state index in [0.29, 0.717) is 0 Å². The molecule has 0 spiro atoms. The van der Waals surface area contributed by atoms with Gasteiger partial charge in [-0.05, 0) is 37.5 Å². The Morgan fingerprint density at radius 3 is 2.71 bits per heavy atom. The molecule has 1 N–H and O–H groups in total. The highest BCUT2D eigenvalue weighted by Crippen LogP contribution is 2.25. The van der Waals surface area contributed by atoms with Gasteiger partial charge in [-0.1, -0.05) is 12.1 Å². The zero-order chi connectivity index (χ0) is 14.8. The van der Waals surface area contributed by atoms with Crippen LogP contribution in [0.15, 0.2) is 18.2 Å². The Balaban J connectivity index is 1.65. The third-order valence-corrected chi connectivity index (χ3v) is 4.56. The number of nitrogens with zero attached hydrogens (tertiary/aromatic N) is 2. The van der Waals surface area contributed by atoms with Gasteiger partial charge in [-0.3, -0.25) is 4.79 Å². The highest BCUT2D eigenvalue weighted by Gasteiger charge is 2.29. The molecule has 0 aliphatic carbocycles. The van der Waals surface area contributed by atoms with Crippen LogP contribution in [0.1, 0.15) is 35.3 Å². The first kappa shape index (κ1) is 14.5. The molecule has 0 atom stereocenters. The van der Waals surface area contributed by atoms with E-state index in [1.807, 2.05) is 4.90 Å². The summed E-state index contributed by atoms with van der Waals surface area (Å²) in [5.74, 6) is 0.198. The molecule has 1 saturated heterocycles. The summed E-state index contributed by atoms with van der Waals surface area (Å²) in [5.41, 5.74) is 3.38. The summed E-state index contributed by atoms with van der Waals surface area (Å²) in [5, 5.41) is 3.38. The van der Waals surface area contributed by atoms with E-state index in [-0.39, 0.29) is 11.9 Å². The minimum absolute atomic E-state index is 0.198. The lowest BCUT2D eigenvalue weighted by atomic mass is 10.0. The van der Waals surface area contributed by atoms with E-state index in [4.69, 9.17) is 0 Å². The van der Waals surface area contributed by atoms with Crippen molar-refractivity contribution in [2.24, 2.45) is 0 Å². The maximum atomic E-state index is 12.4. The van der Waals surface area contributed by atoms with Crippen LogP contribution in [0.3, 0.4) is 0 Å². The highest BCUT2D eigenvalue weighted by molar-refractivity contribution is 5.98. The number of hydrogen-bond acceptors (Lipinski definition) is 3. The zero-order valence-corrected chi connectivity index (χ0v) is 13.1. The summed E-state index contributed by atoms with van der Waals surface area (Å²) in [6.45, 7) is 10.4. The Bertz CT molecular complexity index is 521. The van der Waals surface area contributed by atoms with Gasteiger partial charge in [0.2, 0.25) is 0 Å². The number of amides is 1. The van der Waals surface area contributed by atoms with Crippen LogP contribution in [0.5, 0.6) is 0 Å². The molecule has 4 nitrogen and oxygen atoms in total. The standard InChI is InChI=1S/C17H25N3O/c1-13(2)20-12-15-4-3-14(11-16(15)17(20)21)5-8-19-9-6-18-7-10-19/h3-4,11,13,18H,5-10,12H2,1-2H3. The quantitative estimate of drug-likeness (QED) is 0.911. The lowest BCUT2D eigenvalue weighted by Gasteiger charge is -2.27. The number of rotatable bonds is 4. The number of benzene rings is 1. The first-order valence-electron chi connectivity index (χ1n) is 8.01. The Morgan fingerprint density at radius 1 is 1.24 bits per heavy atom. The fourth-order valence-corrected chi connectivity index (χ4v) is 3.17. The van der Waals surface area contributed by atoms with Gasteiger partial charge in [0.15, 0.2) is 0 Å². The van der Waals surface area contributed by atoms with Gasteiger partial charge in [-0.25, -0.2) is 0 Å². The summed E-state index contributed by atoms with van der Waals surface area (Å²) in [4.78, 5) is 16.8. The monoisotopic (exact) mass is 287 g/mol. The summed E-state index contributed by atoms with van der Waals surface area (Å²) in [7, 11) is 0. The Hall–Kier alpha value is -1.39. The molecule has 2 heterocycles. The van der Waals surface area contributed by atoms with Crippen molar-refractivity contribution in [1.82, 2.24) is 15.1 Å². The van der Waals surface area contributed by atoms with Crippen molar-refractivity contribution in [3.8, 4) is 0 Å². The molecule has 0 unspecified atom stereocenters. The van der Waals surface area contributed by atoms with Crippen LogP contribution in [0, 0.1) is 0 Å². The second kappa shape index (κ2) is 6.16. The average molecular weight is 287 g/mol. The van der Waals surface area contributed by atoms with Gasteiger partial charge in [-0.15, -0.1) is 0 Å². The molecular weight excluding hydrogens is 262 g/mol. The molecule has 1 aromatic carbocycles. The van der Waals surface area contributed by atoms with Crippen molar-refractivity contribution in [3.05, 3.63) is 34.9 Å². The van der Waals surface area contributed by atoms with E-state index in [9.17, 15) is 4.79 Å². The van der Waals surface area contributed by atoms with Crippen molar-refractivity contribution in [2.75, 3.05) is 32.7 Å². The smallest absolute Gasteiger partial charge is 0.254 e. The van der Waals surface area contributed by atoms with Crippen molar-refractivity contribution >= 4 is 5.91 Å². The minimum Gasteiger partial charge on any atom is -0.332 e. The topological polar surface area (TPSA) is 35.6 Å². The second-order valence-corrected chi connectivity index (χ2v) is 6.36. The third-order valence-electron chi connectivity index (χ3n) is 4.56. The van der Waals surface area contributed by atoms with Crippen LogP contribution < -0.4 is 5.32 Å². The maximum absolute atomic E-state index is 12.4. The number of carbonyl (C=O) groups is 1. The van der Waals surface area contributed by atoms with Crippen LogP contribution in [0.2, 0.25) is 0 Å². The average Bonchev–Trinajstić information content (AvgIpc) is 2.83. The summed E-state index contributed by atoms with van der Waals surface area (Å²) < 4.78 is 0. The van der Waals surface area contributed by atoms with Crippen molar-refractivity contribution in [1.29, 1.82) is 0 Å². The van der Waals surface area contributed by atoms with Gasteiger partial charge in [-0.2, -0.15) is 0 Å². The van der Waals surface area contributed by atoms with E-state index >= 15 is 0 Å². The van der Waals surface area contributed by atoms with Crippen LogP contribution in [0.25, 0.3) is 0 Å². The van der Waals surface area contributed by atoms with Crippen molar-refractivity contribution in [2.45, 2.75) is 32.9 Å². The van der Waals surface area contributed by atoms with Gasteiger partial charge in [0.05, 0.1) is 0 Å². The van der Waals surface area contributed by atoms with E-state index in [2.05, 4.69) is 42.3 Å². The predicted molar refractivity (Wildman–Crippen MR) is 84.5 cm³/mol. The van der Waals surface area contributed by atoms with Crippen LogP contribution in [-0.4, -0.2) is 54.5 Å². The molecule has 1 fully saturated rings. The molecule has 0 saturated carbocycles. The van der Waals surface area contributed by atoms with Crippen LogP contribution in [0.4, 0.5) is 0 Å². The van der Waals surface area contributed by atoms with E-state index in [1.54, 1.807) is 0 Å². The molecule has 2 aliphatic rings. The van der Waals surface area contributed by atoms with E-state index in [0.717, 1.165) is 51.3 Å². The van der Waals surface area contributed by atoms with Gasteiger partial charge in [0.1, 0.15) is 0 Å². The molecule has 0 bridgehead atoms. The van der Waals surface area contributed by atoms with E-state index < -0.39 is 0 Å². The molecule has 1 aromatic rings. The second-order valence-electron chi connectivity index (χ2n) is 6.36. The van der Waals surface area contributed by atoms with Crippen LogP contribution in [-0.2, 0) is 13.0 Å². The fraction of sp³-hybridized carbons (Fsp3) is 0.588. The van der Waals surface area contributed by atoms with Crippen molar-refractivity contribution < 1.29 is 4.79 Å². The Morgan fingerprint density at radius 2 is 2.00 bits per heavy atom. The predicted octanol–water partition coefficient (Wildman–Crippen LogP) is 1.50. The lowest BCUT2D eigenvalue weighted by Crippen LogP contribution is -2.44. The SMILES string of the molecule is CC(C)N1Cc2ccc(CCN3CCNCC3)cc2C1=O. The van der Waals surface area contributed by atoms with Gasteiger partial charge in [0, 0.05) is 50.9 Å². The zero-order valence-electron chi connectivity index (χ0n) is 13.1. The first-order valence-corrected chi connectivity index (χ1v) is 8.01. The highest BCUT2D eigenvalue weighted by atomic mass is 16.2. The molecule has 4 heteroatoms. The molecule has 0 aromatic heterocycles. The number of carbonyl (C=O) groups excluding carboxylic acids is 1. The van der Waals surface area contributed by atoms with E-state index in [1.165, 1.54) is 11.1 Å². The number of fused-ring (bicyclic) bond motifs is 1. The largest absolute Gasteiger partial charge is 0.332 e. The minimum atomic E-state index is 0.198. The normalized spacial score (nSPS) is 19.4. The summed E-state index contributed by atoms with van der Waals surface area (Å²) >= 11 is 0. The number of hydrogen-bond donors (Lipinski definition) is 1.